The molecule has 2 saturated carbocycles. The first-order chi connectivity index (χ1) is 16.9. The number of imide groups is 1. The molecule has 0 bridgehead atoms. The number of nitrogens with zero attached hydrogens (tertiary/aromatic N) is 3. The molecular weight excluding hydrogens is 462 g/mol. The molecular formula is C26H41N5O5. The van der Waals surface area contributed by atoms with E-state index in [0.29, 0.717) is 25.8 Å². The van der Waals surface area contributed by atoms with Crippen molar-refractivity contribution in [3.8, 4) is 0 Å². The van der Waals surface area contributed by atoms with Crippen molar-refractivity contribution in [1.82, 2.24) is 25.3 Å². The van der Waals surface area contributed by atoms with Crippen molar-refractivity contribution in [3.05, 3.63) is 0 Å². The van der Waals surface area contributed by atoms with Crippen molar-refractivity contribution in [1.29, 1.82) is 0 Å². The molecule has 36 heavy (non-hydrogen) atoms. The predicted octanol–water partition coefficient (Wildman–Crippen LogP) is 1.34. The van der Waals surface area contributed by atoms with Crippen LogP contribution in [0.3, 0.4) is 0 Å². The molecule has 2 saturated heterocycles. The van der Waals surface area contributed by atoms with Gasteiger partial charge in [-0.25, -0.2) is 4.79 Å². The first kappa shape index (κ1) is 26.4. The van der Waals surface area contributed by atoms with Crippen molar-refractivity contribution >= 4 is 29.7 Å². The standard InChI is InChI=1S/C26H41N5O5/c1-14(2)18(22(33)29(5)6)27-25(36)28-19(15(3)4)23(34)30-13-10-17-20(30)26(11-7-12-26)24(35)31(17)21(32)16-8-9-16/h14-20H,7-13H2,1-6H3,(H2,27,28,36)/t17-,18-,19-,20-/m0/s1. The zero-order valence-electron chi connectivity index (χ0n) is 22.4. The van der Waals surface area contributed by atoms with Gasteiger partial charge in [0.25, 0.3) is 0 Å². The number of nitrogens with one attached hydrogen (secondary N) is 2. The van der Waals surface area contributed by atoms with Crippen LogP contribution in [0.1, 0.15) is 66.2 Å². The highest BCUT2D eigenvalue weighted by Gasteiger charge is 2.68. The lowest BCUT2D eigenvalue weighted by Gasteiger charge is -2.44. The van der Waals surface area contributed by atoms with Crippen LogP contribution >= 0.6 is 0 Å². The Balaban J connectivity index is 1.51. The SMILES string of the molecule is CC(C)[C@H](NC(=O)N[C@H](C(=O)N1CC[C@H]2[C@H]1C1(CCC1)C(=O)N2C(=O)C1CC1)C(C)C)C(=O)N(C)C. The summed E-state index contributed by atoms with van der Waals surface area (Å²) < 4.78 is 0. The van der Waals surface area contributed by atoms with Crippen LogP contribution < -0.4 is 10.6 Å². The minimum Gasteiger partial charge on any atom is -0.347 e. The van der Waals surface area contributed by atoms with Crippen LogP contribution in [0, 0.1) is 23.2 Å². The molecule has 0 radical (unpaired) electrons. The van der Waals surface area contributed by atoms with Gasteiger partial charge >= 0.3 is 6.03 Å². The van der Waals surface area contributed by atoms with E-state index in [1.807, 2.05) is 27.7 Å². The minimum absolute atomic E-state index is 0.0536. The number of urea groups is 1. The van der Waals surface area contributed by atoms with Gasteiger partial charge in [0, 0.05) is 26.6 Å². The summed E-state index contributed by atoms with van der Waals surface area (Å²) in [6.07, 6.45) is 4.53. The highest BCUT2D eigenvalue weighted by molar-refractivity contribution is 6.04. The van der Waals surface area contributed by atoms with Crippen molar-refractivity contribution in [3.63, 3.8) is 0 Å². The normalized spacial score (nSPS) is 26.1. The summed E-state index contributed by atoms with van der Waals surface area (Å²) in [6.45, 7) is 7.89. The van der Waals surface area contributed by atoms with Crippen LogP contribution in [-0.4, -0.2) is 89.2 Å². The third-order valence-electron chi connectivity index (χ3n) is 8.48. The second-order valence-electron chi connectivity index (χ2n) is 11.9. The fraction of sp³-hybridized carbons (Fsp3) is 0.808. The molecule has 10 nitrogen and oxygen atoms in total. The molecule has 200 valence electrons. The van der Waals surface area contributed by atoms with Crippen LogP contribution in [0.15, 0.2) is 0 Å². The number of amides is 6. The molecule has 0 aromatic heterocycles. The topological polar surface area (TPSA) is 119 Å². The Morgan fingerprint density at radius 2 is 1.53 bits per heavy atom. The third-order valence-corrected chi connectivity index (χ3v) is 8.48. The lowest BCUT2D eigenvalue weighted by atomic mass is 9.64. The lowest BCUT2D eigenvalue weighted by Crippen LogP contribution is -2.60. The van der Waals surface area contributed by atoms with Crippen LogP contribution in [0.4, 0.5) is 4.79 Å². The Labute approximate surface area is 213 Å². The maximum absolute atomic E-state index is 13.9. The molecule has 4 atom stereocenters. The Morgan fingerprint density at radius 1 is 0.944 bits per heavy atom. The predicted molar refractivity (Wildman–Crippen MR) is 132 cm³/mol. The van der Waals surface area contributed by atoms with Crippen LogP contribution in [0.2, 0.25) is 0 Å². The number of fused-ring (bicyclic) bond motifs is 2. The summed E-state index contributed by atoms with van der Waals surface area (Å²) in [4.78, 5) is 70.6. The number of carbonyl (C=O) groups excluding carboxylic acids is 5. The van der Waals surface area contributed by atoms with E-state index in [-0.39, 0.29) is 53.5 Å². The largest absolute Gasteiger partial charge is 0.347 e. The molecule has 10 heteroatoms. The van der Waals surface area contributed by atoms with Gasteiger partial charge in [0.05, 0.1) is 17.5 Å². The summed E-state index contributed by atoms with van der Waals surface area (Å²) >= 11 is 0. The van der Waals surface area contributed by atoms with Gasteiger partial charge < -0.3 is 20.4 Å². The van der Waals surface area contributed by atoms with Crippen LogP contribution in [-0.2, 0) is 19.2 Å². The van der Waals surface area contributed by atoms with Gasteiger partial charge in [0.2, 0.25) is 23.6 Å². The Morgan fingerprint density at radius 3 is 2.00 bits per heavy atom. The number of rotatable bonds is 7. The average molecular weight is 504 g/mol. The molecule has 2 aliphatic heterocycles. The minimum atomic E-state index is -0.813. The Kier molecular flexibility index (Phi) is 7.09. The van der Waals surface area contributed by atoms with E-state index in [1.165, 1.54) is 9.80 Å². The van der Waals surface area contributed by atoms with Gasteiger partial charge in [0.1, 0.15) is 12.1 Å². The number of likely N-dealkylation sites (tertiary alicyclic amines) is 2. The first-order valence-electron chi connectivity index (χ1n) is 13.4. The molecule has 6 amide bonds. The zero-order valence-corrected chi connectivity index (χ0v) is 22.4. The smallest absolute Gasteiger partial charge is 0.316 e. The molecule has 1 spiro atoms. The number of likely N-dealkylation sites (N-methyl/N-ethyl adjacent to an activating group) is 1. The van der Waals surface area contributed by atoms with Gasteiger partial charge in [-0.15, -0.1) is 0 Å². The number of hydrogen-bond acceptors (Lipinski definition) is 5. The zero-order chi connectivity index (χ0) is 26.5. The second kappa shape index (κ2) is 9.67. The van der Waals surface area contributed by atoms with Gasteiger partial charge in [0.15, 0.2) is 0 Å². The van der Waals surface area contributed by atoms with Gasteiger partial charge in [-0.1, -0.05) is 34.1 Å². The Hall–Kier alpha value is -2.65. The van der Waals surface area contributed by atoms with Crippen molar-refractivity contribution in [2.45, 2.75) is 90.4 Å². The number of hydrogen-bond donors (Lipinski definition) is 2. The first-order valence-corrected chi connectivity index (χ1v) is 13.4. The summed E-state index contributed by atoms with van der Waals surface area (Å²) in [5.41, 5.74) is -0.675. The highest BCUT2D eigenvalue weighted by Crippen LogP contribution is 2.56. The molecule has 4 fully saturated rings. The van der Waals surface area contributed by atoms with Crippen LogP contribution in [0.5, 0.6) is 0 Å². The summed E-state index contributed by atoms with van der Waals surface area (Å²) in [5, 5.41) is 5.55. The maximum atomic E-state index is 13.9. The second-order valence-corrected chi connectivity index (χ2v) is 11.9. The van der Waals surface area contributed by atoms with Gasteiger partial charge in [-0.05, 0) is 43.9 Å². The van der Waals surface area contributed by atoms with E-state index >= 15 is 0 Å². The lowest BCUT2D eigenvalue weighted by molar-refractivity contribution is -0.152. The summed E-state index contributed by atoms with van der Waals surface area (Å²) in [6, 6.07) is -2.71. The third kappa shape index (κ3) is 4.36. The molecule has 2 heterocycles. The molecule has 0 aromatic carbocycles. The number of carbonyl (C=O) groups is 5. The van der Waals surface area contributed by atoms with Gasteiger partial charge in [-0.2, -0.15) is 0 Å². The van der Waals surface area contributed by atoms with E-state index in [4.69, 9.17) is 0 Å². The van der Waals surface area contributed by atoms with E-state index in [9.17, 15) is 24.0 Å². The quantitative estimate of drug-likeness (QED) is 0.508. The van der Waals surface area contributed by atoms with Gasteiger partial charge in [-0.3, -0.25) is 24.1 Å². The van der Waals surface area contributed by atoms with Crippen molar-refractivity contribution in [2.75, 3.05) is 20.6 Å². The fourth-order valence-electron chi connectivity index (χ4n) is 6.14. The van der Waals surface area contributed by atoms with E-state index < -0.39 is 23.5 Å². The highest BCUT2D eigenvalue weighted by atomic mass is 16.2. The van der Waals surface area contributed by atoms with E-state index in [1.54, 1.807) is 19.0 Å². The molecule has 4 aliphatic rings. The van der Waals surface area contributed by atoms with E-state index in [0.717, 1.165) is 19.3 Å². The fourth-order valence-corrected chi connectivity index (χ4v) is 6.14. The Bertz CT molecular complexity index is 939. The van der Waals surface area contributed by atoms with E-state index in [2.05, 4.69) is 10.6 Å². The van der Waals surface area contributed by atoms with Crippen molar-refractivity contribution < 1.29 is 24.0 Å². The van der Waals surface area contributed by atoms with Crippen molar-refractivity contribution in [2.24, 2.45) is 23.2 Å². The molecule has 2 aliphatic carbocycles. The van der Waals surface area contributed by atoms with Crippen LogP contribution in [0.25, 0.3) is 0 Å². The average Bonchev–Trinajstić information content (AvgIpc) is 3.49. The maximum Gasteiger partial charge on any atom is 0.316 e. The monoisotopic (exact) mass is 503 g/mol. The molecule has 2 N–H and O–H groups in total. The summed E-state index contributed by atoms with van der Waals surface area (Å²) in [7, 11) is 3.27. The molecule has 0 unspecified atom stereocenters. The summed E-state index contributed by atoms with van der Waals surface area (Å²) in [5.74, 6) is -1.01. The molecule has 4 rings (SSSR count). The molecule has 0 aromatic rings.